The number of nitrogens with zero attached hydrogens (tertiary/aromatic N) is 1. The first-order chi connectivity index (χ1) is 7.63. The van der Waals surface area contributed by atoms with E-state index in [1.165, 1.54) is 11.1 Å². The number of hydrogen-bond donors (Lipinski definition) is 0. The number of carbonyl (C=O) groups is 1. The Hall–Kier alpha value is -1.31. The molecule has 0 radical (unpaired) electrons. The van der Waals surface area contributed by atoms with Gasteiger partial charge in [0.2, 0.25) is 5.91 Å². The molecule has 0 N–H and O–H groups in total. The lowest BCUT2D eigenvalue weighted by molar-refractivity contribution is -0.116. The van der Waals surface area contributed by atoms with Crippen molar-refractivity contribution in [1.29, 1.82) is 0 Å². The van der Waals surface area contributed by atoms with E-state index in [1.807, 2.05) is 4.90 Å². The van der Waals surface area contributed by atoms with E-state index in [9.17, 15) is 4.79 Å². The first-order valence-electron chi connectivity index (χ1n) is 6.02. The van der Waals surface area contributed by atoms with Gasteiger partial charge in [0.25, 0.3) is 0 Å². The Labute approximate surface area is 97.3 Å². The zero-order chi connectivity index (χ0) is 11.7. The van der Waals surface area contributed by atoms with Crippen molar-refractivity contribution >= 4 is 11.6 Å². The molecule has 0 bridgehead atoms. The molecule has 1 aromatic carbocycles. The maximum Gasteiger partial charge on any atom is 0.223 e. The summed E-state index contributed by atoms with van der Waals surface area (Å²) < 4.78 is 0. The van der Waals surface area contributed by atoms with E-state index in [2.05, 4.69) is 32.0 Å². The van der Waals surface area contributed by atoms with Gasteiger partial charge >= 0.3 is 0 Å². The second kappa shape index (κ2) is 4.28. The number of rotatable bonds is 1. The average molecular weight is 217 g/mol. The van der Waals surface area contributed by atoms with Crippen molar-refractivity contribution in [3.8, 4) is 0 Å². The molecule has 0 spiro atoms. The Kier molecular flexibility index (Phi) is 2.99. The van der Waals surface area contributed by atoms with Crippen LogP contribution in [0.3, 0.4) is 0 Å². The van der Waals surface area contributed by atoms with Gasteiger partial charge < -0.3 is 4.90 Å². The summed E-state index contributed by atoms with van der Waals surface area (Å²) >= 11 is 0. The molecule has 2 rings (SSSR count). The topological polar surface area (TPSA) is 20.3 Å². The van der Waals surface area contributed by atoms with Crippen LogP contribution in [0.25, 0.3) is 0 Å². The maximum absolute atomic E-state index is 11.6. The summed E-state index contributed by atoms with van der Waals surface area (Å²) in [6, 6.07) is 6.47. The second-order valence-electron chi connectivity index (χ2n) is 4.63. The van der Waals surface area contributed by atoms with Crippen molar-refractivity contribution in [2.75, 3.05) is 11.4 Å². The highest BCUT2D eigenvalue weighted by Gasteiger charge is 2.25. The molecule has 2 heteroatoms. The molecular weight excluding hydrogens is 198 g/mol. The lowest BCUT2D eigenvalue weighted by atomic mass is 9.87. The molecule has 1 aliphatic heterocycles. The lowest BCUT2D eigenvalue weighted by Gasteiger charge is -2.33. The van der Waals surface area contributed by atoms with E-state index in [0.717, 1.165) is 25.1 Å². The molecule has 0 aliphatic carbocycles. The van der Waals surface area contributed by atoms with Crippen molar-refractivity contribution < 1.29 is 4.79 Å². The average Bonchev–Trinajstić information content (AvgIpc) is 2.26. The highest BCUT2D eigenvalue weighted by atomic mass is 16.2. The number of amides is 1. The van der Waals surface area contributed by atoms with Crippen LogP contribution in [0.1, 0.15) is 43.7 Å². The fraction of sp³-hybridized carbons (Fsp3) is 0.500. The standard InChI is InChI=1S/C14H19NO/c1-4-12-7-8-15(11(3)16)14-9-10(2)5-6-13(12)14/h5-6,9,12H,4,7-8H2,1-3H3. The molecule has 1 aliphatic rings. The first-order valence-corrected chi connectivity index (χ1v) is 6.02. The molecule has 1 heterocycles. The van der Waals surface area contributed by atoms with Crippen LogP contribution in [0.4, 0.5) is 5.69 Å². The predicted octanol–water partition coefficient (Wildman–Crippen LogP) is 3.25. The van der Waals surface area contributed by atoms with Gasteiger partial charge in [0.15, 0.2) is 0 Å². The smallest absolute Gasteiger partial charge is 0.223 e. The summed E-state index contributed by atoms with van der Waals surface area (Å²) in [5, 5.41) is 0. The molecule has 2 nitrogen and oxygen atoms in total. The monoisotopic (exact) mass is 217 g/mol. The summed E-state index contributed by atoms with van der Waals surface area (Å²) in [7, 11) is 0. The van der Waals surface area contributed by atoms with E-state index >= 15 is 0 Å². The highest BCUT2D eigenvalue weighted by Crippen LogP contribution is 2.37. The van der Waals surface area contributed by atoms with Gasteiger partial charge in [-0.05, 0) is 42.9 Å². The number of fused-ring (bicyclic) bond motifs is 1. The zero-order valence-electron chi connectivity index (χ0n) is 10.3. The maximum atomic E-state index is 11.6. The Morgan fingerprint density at radius 3 is 2.88 bits per heavy atom. The van der Waals surface area contributed by atoms with Crippen LogP contribution in [-0.2, 0) is 4.79 Å². The molecule has 1 amide bonds. The number of hydrogen-bond acceptors (Lipinski definition) is 1. The third kappa shape index (κ3) is 1.84. The Morgan fingerprint density at radius 2 is 2.25 bits per heavy atom. The Bertz CT molecular complexity index is 411. The Balaban J connectivity index is 2.48. The van der Waals surface area contributed by atoms with E-state index in [4.69, 9.17) is 0 Å². The van der Waals surface area contributed by atoms with Gasteiger partial charge in [-0.15, -0.1) is 0 Å². The molecule has 86 valence electrons. The molecule has 16 heavy (non-hydrogen) atoms. The molecule has 1 aromatic rings. The fourth-order valence-corrected chi connectivity index (χ4v) is 2.54. The summed E-state index contributed by atoms with van der Waals surface area (Å²) in [5.74, 6) is 0.771. The zero-order valence-corrected chi connectivity index (χ0v) is 10.3. The third-order valence-corrected chi connectivity index (χ3v) is 3.49. The van der Waals surface area contributed by atoms with Crippen LogP contribution in [0.5, 0.6) is 0 Å². The van der Waals surface area contributed by atoms with Crippen LogP contribution < -0.4 is 4.90 Å². The molecule has 0 saturated carbocycles. The van der Waals surface area contributed by atoms with Crippen LogP contribution in [0.2, 0.25) is 0 Å². The van der Waals surface area contributed by atoms with Crippen molar-refractivity contribution in [3.05, 3.63) is 29.3 Å². The van der Waals surface area contributed by atoms with Gasteiger partial charge in [0.05, 0.1) is 0 Å². The lowest BCUT2D eigenvalue weighted by Crippen LogP contribution is -2.34. The molecule has 1 atom stereocenters. The Morgan fingerprint density at radius 1 is 1.50 bits per heavy atom. The number of anilines is 1. The highest BCUT2D eigenvalue weighted by molar-refractivity contribution is 5.93. The van der Waals surface area contributed by atoms with Crippen LogP contribution >= 0.6 is 0 Å². The minimum absolute atomic E-state index is 0.154. The van der Waals surface area contributed by atoms with Crippen molar-refractivity contribution in [3.63, 3.8) is 0 Å². The SMILES string of the molecule is CCC1CCN(C(C)=O)c2cc(C)ccc21. The molecule has 0 fully saturated rings. The van der Waals surface area contributed by atoms with E-state index in [0.29, 0.717) is 5.92 Å². The van der Waals surface area contributed by atoms with Gasteiger partial charge in [-0.2, -0.15) is 0 Å². The van der Waals surface area contributed by atoms with Gasteiger partial charge in [0.1, 0.15) is 0 Å². The minimum atomic E-state index is 0.154. The van der Waals surface area contributed by atoms with Crippen molar-refractivity contribution in [1.82, 2.24) is 0 Å². The summed E-state index contributed by atoms with van der Waals surface area (Å²) in [6.45, 7) is 6.81. The minimum Gasteiger partial charge on any atom is -0.312 e. The van der Waals surface area contributed by atoms with Gasteiger partial charge in [-0.25, -0.2) is 0 Å². The number of aryl methyl sites for hydroxylation is 1. The number of benzene rings is 1. The molecule has 1 unspecified atom stereocenters. The van der Waals surface area contributed by atoms with E-state index in [-0.39, 0.29) is 5.91 Å². The largest absolute Gasteiger partial charge is 0.312 e. The van der Waals surface area contributed by atoms with Crippen molar-refractivity contribution in [2.24, 2.45) is 0 Å². The number of carbonyl (C=O) groups excluding carboxylic acids is 1. The summed E-state index contributed by atoms with van der Waals surface area (Å²) in [6.07, 6.45) is 2.24. The summed E-state index contributed by atoms with van der Waals surface area (Å²) in [5.41, 5.74) is 3.70. The van der Waals surface area contributed by atoms with Gasteiger partial charge in [-0.1, -0.05) is 19.1 Å². The van der Waals surface area contributed by atoms with Crippen molar-refractivity contribution in [2.45, 2.75) is 39.5 Å². The normalized spacial score (nSPS) is 19.4. The molecular formula is C14H19NO. The summed E-state index contributed by atoms with van der Waals surface area (Å²) in [4.78, 5) is 13.5. The van der Waals surface area contributed by atoms with Gasteiger partial charge in [0, 0.05) is 19.2 Å². The predicted molar refractivity (Wildman–Crippen MR) is 66.9 cm³/mol. The molecule has 0 saturated heterocycles. The fourth-order valence-electron chi connectivity index (χ4n) is 2.54. The van der Waals surface area contributed by atoms with Crippen LogP contribution in [0.15, 0.2) is 18.2 Å². The molecule has 0 aromatic heterocycles. The van der Waals surface area contributed by atoms with Crippen LogP contribution in [0, 0.1) is 6.92 Å². The quantitative estimate of drug-likeness (QED) is 0.707. The van der Waals surface area contributed by atoms with E-state index in [1.54, 1.807) is 6.92 Å². The van der Waals surface area contributed by atoms with Crippen LogP contribution in [-0.4, -0.2) is 12.5 Å². The first kappa shape index (κ1) is 11.2. The van der Waals surface area contributed by atoms with Gasteiger partial charge in [-0.3, -0.25) is 4.79 Å². The van der Waals surface area contributed by atoms with E-state index < -0.39 is 0 Å². The second-order valence-corrected chi connectivity index (χ2v) is 4.63. The third-order valence-electron chi connectivity index (χ3n) is 3.49.